The van der Waals surface area contributed by atoms with E-state index in [2.05, 4.69) is 72.2 Å². The lowest BCUT2D eigenvalue weighted by Gasteiger charge is -2.34. The van der Waals surface area contributed by atoms with Gasteiger partial charge in [-0.15, -0.1) is 5.10 Å². The highest BCUT2D eigenvalue weighted by Crippen LogP contribution is 2.30. The molecule has 2 unspecified atom stereocenters. The summed E-state index contributed by atoms with van der Waals surface area (Å²) in [7, 11) is 0. The maximum absolute atomic E-state index is 13.2. The molecule has 0 spiro atoms. The lowest BCUT2D eigenvalue weighted by Crippen LogP contribution is -2.39. The number of H-pyrrole nitrogens is 1. The van der Waals surface area contributed by atoms with Crippen LogP contribution in [0.4, 0.5) is 0 Å². The SMILES string of the molecule is CCCC(c1nnnn1C(C)(C)C)N(Cc1cc2cc(C)cc(C)c2[nH]c1=O)CC1CCCO1. The first-order chi connectivity index (χ1) is 16.2. The van der Waals surface area contributed by atoms with Crippen LogP contribution in [0.1, 0.15) is 81.9 Å². The predicted molar refractivity (Wildman–Crippen MR) is 134 cm³/mol. The summed E-state index contributed by atoms with van der Waals surface area (Å²) in [6.07, 6.45) is 4.14. The van der Waals surface area contributed by atoms with Gasteiger partial charge in [0.1, 0.15) is 0 Å². The van der Waals surface area contributed by atoms with E-state index in [9.17, 15) is 4.79 Å². The number of fused-ring (bicyclic) bond motifs is 1. The third-order valence-corrected chi connectivity index (χ3v) is 6.64. The van der Waals surface area contributed by atoms with E-state index >= 15 is 0 Å². The summed E-state index contributed by atoms with van der Waals surface area (Å²) in [4.78, 5) is 18.7. The number of nitrogens with one attached hydrogen (secondary N) is 1. The minimum absolute atomic E-state index is 0.0160. The van der Waals surface area contributed by atoms with Gasteiger partial charge in [-0.1, -0.05) is 25.0 Å². The maximum Gasteiger partial charge on any atom is 0.252 e. The van der Waals surface area contributed by atoms with Gasteiger partial charge in [-0.05, 0) is 87.4 Å². The number of ether oxygens (including phenoxy) is 1. The van der Waals surface area contributed by atoms with Crippen LogP contribution >= 0.6 is 0 Å². The van der Waals surface area contributed by atoms with E-state index in [-0.39, 0.29) is 23.2 Å². The van der Waals surface area contributed by atoms with Crippen LogP contribution in [-0.2, 0) is 16.8 Å². The molecule has 0 aliphatic carbocycles. The minimum atomic E-state index is -0.240. The van der Waals surface area contributed by atoms with Gasteiger partial charge in [0.2, 0.25) is 0 Å². The molecule has 2 atom stereocenters. The van der Waals surface area contributed by atoms with Crippen LogP contribution in [0.2, 0.25) is 0 Å². The average Bonchev–Trinajstić information content (AvgIpc) is 3.44. The number of aromatic nitrogens is 5. The topological polar surface area (TPSA) is 88.9 Å². The molecule has 8 nitrogen and oxygen atoms in total. The third-order valence-electron chi connectivity index (χ3n) is 6.64. The summed E-state index contributed by atoms with van der Waals surface area (Å²) < 4.78 is 7.93. The van der Waals surface area contributed by atoms with Crippen LogP contribution in [0.25, 0.3) is 10.9 Å². The van der Waals surface area contributed by atoms with Crippen LogP contribution in [0.5, 0.6) is 0 Å². The van der Waals surface area contributed by atoms with Gasteiger partial charge in [0.15, 0.2) is 5.82 Å². The number of rotatable bonds is 8. The Balaban J connectivity index is 1.76. The van der Waals surface area contributed by atoms with Gasteiger partial charge in [0.25, 0.3) is 5.56 Å². The van der Waals surface area contributed by atoms with Crippen LogP contribution in [0, 0.1) is 13.8 Å². The summed E-state index contributed by atoms with van der Waals surface area (Å²) in [5.74, 6) is 0.844. The van der Waals surface area contributed by atoms with Crippen molar-refractivity contribution in [2.45, 2.75) is 91.5 Å². The molecule has 8 heteroatoms. The molecule has 1 saturated heterocycles. The summed E-state index contributed by atoms with van der Waals surface area (Å²) in [6.45, 7) is 14.7. The third kappa shape index (κ3) is 5.23. The zero-order valence-corrected chi connectivity index (χ0v) is 21.4. The Morgan fingerprint density at radius 2 is 2.06 bits per heavy atom. The summed E-state index contributed by atoms with van der Waals surface area (Å²) >= 11 is 0. The molecule has 1 aromatic carbocycles. The highest BCUT2D eigenvalue weighted by Gasteiger charge is 2.32. The number of benzene rings is 1. The number of aryl methyl sites for hydroxylation is 2. The second kappa shape index (κ2) is 9.96. The van der Waals surface area contributed by atoms with Crippen molar-refractivity contribution in [1.29, 1.82) is 0 Å². The van der Waals surface area contributed by atoms with E-state index in [0.717, 1.165) is 66.7 Å². The van der Waals surface area contributed by atoms with E-state index in [4.69, 9.17) is 4.74 Å². The second-order valence-corrected chi connectivity index (χ2v) is 10.7. The van der Waals surface area contributed by atoms with Gasteiger partial charge in [-0.2, -0.15) is 0 Å². The first kappa shape index (κ1) is 24.5. The molecule has 2 aromatic heterocycles. The molecule has 0 saturated carbocycles. The van der Waals surface area contributed by atoms with Crippen molar-refractivity contribution in [2.75, 3.05) is 13.2 Å². The van der Waals surface area contributed by atoms with Gasteiger partial charge in [-0.25, -0.2) is 4.68 Å². The van der Waals surface area contributed by atoms with E-state index < -0.39 is 0 Å². The molecule has 4 rings (SSSR count). The molecule has 1 fully saturated rings. The molecule has 3 heterocycles. The largest absolute Gasteiger partial charge is 0.377 e. The van der Waals surface area contributed by atoms with Crippen LogP contribution in [0.15, 0.2) is 23.0 Å². The lowest BCUT2D eigenvalue weighted by molar-refractivity contribution is 0.0465. The predicted octanol–water partition coefficient (Wildman–Crippen LogP) is 4.41. The Bertz CT molecular complexity index is 1190. The Hall–Kier alpha value is -2.58. The number of aromatic amines is 1. The van der Waals surface area contributed by atoms with Crippen LogP contribution in [-0.4, -0.2) is 49.3 Å². The number of hydrogen-bond donors (Lipinski definition) is 1. The van der Waals surface area contributed by atoms with E-state index in [1.165, 1.54) is 5.56 Å². The maximum atomic E-state index is 13.2. The highest BCUT2D eigenvalue weighted by atomic mass is 16.5. The second-order valence-electron chi connectivity index (χ2n) is 10.7. The molecule has 34 heavy (non-hydrogen) atoms. The van der Waals surface area contributed by atoms with Crippen molar-refractivity contribution >= 4 is 10.9 Å². The molecule has 0 amide bonds. The molecule has 0 bridgehead atoms. The van der Waals surface area contributed by atoms with E-state index in [0.29, 0.717) is 6.54 Å². The number of hydrogen-bond acceptors (Lipinski definition) is 6. The normalized spacial score (nSPS) is 17.7. The van der Waals surface area contributed by atoms with Gasteiger partial charge < -0.3 is 9.72 Å². The number of nitrogens with zero attached hydrogens (tertiary/aromatic N) is 5. The highest BCUT2D eigenvalue weighted by molar-refractivity contribution is 5.82. The van der Waals surface area contributed by atoms with E-state index in [1.807, 2.05) is 17.7 Å². The van der Waals surface area contributed by atoms with Gasteiger partial charge in [-0.3, -0.25) is 9.69 Å². The molecule has 1 aliphatic heterocycles. The Kier molecular flexibility index (Phi) is 7.19. The Labute approximate surface area is 201 Å². The fraction of sp³-hybridized carbons (Fsp3) is 0.615. The fourth-order valence-electron chi connectivity index (χ4n) is 5.05. The molecule has 1 aliphatic rings. The molecule has 184 valence electrons. The summed E-state index contributed by atoms with van der Waals surface area (Å²) in [5, 5.41) is 13.9. The van der Waals surface area contributed by atoms with Crippen molar-refractivity contribution in [3.05, 3.63) is 51.1 Å². The number of pyridine rings is 1. The van der Waals surface area contributed by atoms with E-state index in [1.54, 1.807) is 0 Å². The van der Waals surface area contributed by atoms with Crippen LogP contribution in [0.3, 0.4) is 0 Å². The zero-order chi connectivity index (χ0) is 24.5. The zero-order valence-electron chi connectivity index (χ0n) is 21.4. The molecule has 0 radical (unpaired) electrons. The van der Waals surface area contributed by atoms with Gasteiger partial charge in [0, 0.05) is 25.3 Å². The smallest absolute Gasteiger partial charge is 0.252 e. The molecule has 3 aromatic rings. The average molecular weight is 467 g/mol. The monoisotopic (exact) mass is 466 g/mol. The van der Waals surface area contributed by atoms with Crippen molar-refractivity contribution in [3.8, 4) is 0 Å². The standard InChI is InChI=1S/C26H38N6O2/c1-7-9-22(24-28-29-30-32(24)26(4,5)6)31(16-21-10-8-11-34-21)15-20-14-19-13-17(2)12-18(3)23(19)27-25(20)33/h12-14,21-22H,7-11,15-16H2,1-6H3,(H,27,33). The quantitative estimate of drug-likeness (QED) is 0.529. The van der Waals surface area contributed by atoms with Crippen molar-refractivity contribution < 1.29 is 4.74 Å². The van der Waals surface area contributed by atoms with Gasteiger partial charge >= 0.3 is 0 Å². The first-order valence-electron chi connectivity index (χ1n) is 12.4. The van der Waals surface area contributed by atoms with Crippen molar-refractivity contribution in [3.63, 3.8) is 0 Å². The van der Waals surface area contributed by atoms with Gasteiger partial charge in [0.05, 0.1) is 23.2 Å². The lowest BCUT2D eigenvalue weighted by atomic mass is 10.0. The summed E-state index contributed by atoms with van der Waals surface area (Å²) in [6, 6.07) is 6.27. The fourth-order valence-corrected chi connectivity index (χ4v) is 5.05. The van der Waals surface area contributed by atoms with Crippen LogP contribution < -0.4 is 5.56 Å². The Morgan fingerprint density at radius 3 is 2.74 bits per heavy atom. The van der Waals surface area contributed by atoms with Crippen molar-refractivity contribution in [1.82, 2.24) is 30.1 Å². The Morgan fingerprint density at radius 1 is 1.26 bits per heavy atom. The molecular weight excluding hydrogens is 428 g/mol. The minimum Gasteiger partial charge on any atom is -0.377 e. The molecule has 1 N–H and O–H groups in total. The molecular formula is C26H38N6O2. The number of tetrazole rings is 1. The van der Waals surface area contributed by atoms with Crippen molar-refractivity contribution in [2.24, 2.45) is 0 Å². The summed E-state index contributed by atoms with van der Waals surface area (Å²) in [5.41, 5.74) is 3.66. The first-order valence-corrected chi connectivity index (χ1v) is 12.4.